The van der Waals surface area contributed by atoms with Crippen LogP contribution < -0.4 is 10.1 Å². The molecular formula is C10H14BrNO3S. The minimum Gasteiger partial charge on any atom is -0.496 e. The highest BCUT2D eigenvalue weighted by Gasteiger charge is 2.08. The highest BCUT2D eigenvalue weighted by molar-refractivity contribution is 9.09. The Morgan fingerprint density at radius 2 is 2.38 bits per heavy atom. The predicted octanol–water partition coefficient (Wildman–Crippen LogP) is 1.90. The topological polar surface area (TPSA) is 47.6 Å². The Kier molecular flexibility index (Phi) is 6.44. The zero-order valence-corrected chi connectivity index (χ0v) is 11.4. The number of rotatable bonds is 7. The van der Waals surface area contributed by atoms with Crippen LogP contribution in [0.15, 0.2) is 11.4 Å². The van der Waals surface area contributed by atoms with E-state index in [2.05, 4.69) is 21.2 Å². The number of ether oxygens (including phenoxy) is 2. The molecule has 6 heteroatoms. The van der Waals surface area contributed by atoms with Gasteiger partial charge >= 0.3 is 0 Å². The molecule has 4 nitrogen and oxygen atoms in total. The molecule has 0 fully saturated rings. The van der Waals surface area contributed by atoms with E-state index in [4.69, 9.17) is 9.47 Å². The number of carbonyl (C=O) groups is 1. The van der Waals surface area contributed by atoms with Crippen LogP contribution in [0.4, 0.5) is 0 Å². The van der Waals surface area contributed by atoms with Crippen molar-refractivity contribution in [3.63, 3.8) is 0 Å². The van der Waals surface area contributed by atoms with Crippen LogP contribution in [0, 0.1) is 0 Å². The summed E-state index contributed by atoms with van der Waals surface area (Å²) in [4.78, 5) is 12.2. The van der Waals surface area contributed by atoms with E-state index < -0.39 is 0 Å². The lowest BCUT2D eigenvalue weighted by Crippen LogP contribution is -2.26. The third-order valence-corrected chi connectivity index (χ3v) is 3.02. The van der Waals surface area contributed by atoms with Gasteiger partial charge in [0.2, 0.25) is 0 Å². The average Bonchev–Trinajstić information content (AvgIpc) is 2.77. The third kappa shape index (κ3) is 4.51. The number of alkyl halides is 1. The number of methoxy groups -OCH3 is 1. The Bertz CT molecular complexity index is 330. The van der Waals surface area contributed by atoms with Gasteiger partial charge in [-0.3, -0.25) is 4.79 Å². The van der Waals surface area contributed by atoms with Crippen molar-refractivity contribution in [1.82, 2.24) is 5.32 Å². The summed E-state index contributed by atoms with van der Waals surface area (Å²) in [6.45, 7) is 1.70. The molecule has 0 aliphatic heterocycles. The number of amides is 1. The predicted molar refractivity (Wildman–Crippen MR) is 67.8 cm³/mol. The number of carbonyl (C=O) groups excluding carboxylic acids is 1. The van der Waals surface area contributed by atoms with Crippen LogP contribution in [0.5, 0.6) is 5.75 Å². The van der Waals surface area contributed by atoms with Crippen molar-refractivity contribution in [2.75, 3.05) is 32.2 Å². The molecule has 0 aliphatic rings. The van der Waals surface area contributed by atoms with Crippen molar-refractivity contribution in [3.8, 4) is 5.75 Å². The zero-order valence-electron chi connectivity index (χ0n) is 8.99. The lowest BCUT2D eigenvalue weighted by molar-refractivity contribution is 0.0928. The molecule has 0 atom stereocenters. The average molecular weight is 308 g/mol. The Morgan fingerprint density at radius 1 is 1.56 bits per heavy atom. The molecule has 1 N–H and O–H groups in total. The summed E-state index contributed by atoms with van der Waals surface area (Å²) in [5.41, 5.74) is 0. The van der Waals surface area contributed by atoms with E-state index in [-0.39, 0.29) is 5.91 Å². The van der Waals surface area contributed by atoms with Gasteiger partial charge in [0.15, 0.2) is 0 Å². The largest absolute Gasteiger partial charge is 0.496 e. The fraction of sp³-hybridized carbons (Fsp3) is 0.500. The first-order valence-electron chi connectivity index (χ1n) is 4.82. The van der Waals surface area contributed by atoms with Gasteiger partial charge in [0.1, 0.15) is 5.75 Å². The Hall–Kier alpha value is -0.590. The molecule has 0 unspecified atom stereocenters. The highest BCUT2D eigenvalue weighted by Crippen LogP contribution is 2.20. The molecule has 0 spiro atoms. The maximum Gasteiger partial charge on any atom is 0.261 e. The van der Waals surface area contributed by atoms with Crippen LogP contribution in [0.25, 0.3) is 0 Å². The summed E-state index contributed by atoms with van der Waals surface area (Å²) < 4.78 is 10.2. The summed E-state index contributed by atoms with van der Waals surface area (Å²) in [7, 11) is 1.58. The normalized spacial score (nSPS) is 10.1. The van der Waals surface area contributed by atoms with Gasteiger partial charge in [-0.2, -0.15) is 0 Å². The maximum atomic E-state index is 11.6. The molecule has 0 radical (unpaired) electrons. The van der Waals surface area contributed by atoms with Crippen molar-refractivity contribution >= 4 is 33.2 Å². The quantitative estimate of drug-likeness (QED) is 0.618. The first-order valence-corrected chi connectivity index (χ1v) is 6.82. The summed E-state index contributed by atoms with van der Waals surface area (Å²) in [6.07, 6.45) is 0. The molecule has 1 amide bonds. The summed E-state index contributed by atoms with van der Waals surface area (Å²) in [5.74, 6) is 0.626. The minimum absolute atomic E-state index is 0.0873. The molecule has 0 saturated carbocycles. The van der Waals surface area contributed by atoms with E-state index in [1.807, 2.05) is 0 Å². The van der Waals surface area contributed by atoms with Gasteiger partial charge in [0.05, 0.1) is 25.2 Å². The lowest BCUT2D eigenvalue weighted by Gasteiger charge is -2.03. The summed E-state index contributed by atoms with van der Waals surface area (Å²) >= 11 is 4.62. The van der Waals surface area contributed by atoms with Gasteiger partial charge in [-0.15, -0.1) is 11.3 Å². The second-order valence-corrected chi connectivity index (χ2v) is 4.61. The van der Waals surface area contributed by atoms with E-state index in [1.54, 1.807) is 18.6 Å². The van der Waals surface area contributed by atoms with Gasteiger partial charge in [0, 0.05) is 23.3 Å². The van der Waals surface area contributed by atoms with E-state index >= 15 is 0 Å². The van der Waals surface area contributed by atoms with Crippen LogP contribution in [-0.4, -0.2) is 38.1 Å². The molecule has 1 aromatic heterocycles. The van der Waals surface area contributed by atoms with Gasteiger partial charge in [-0.1, -0.05) is 15.9 Å². The molecule has 90 valence electrons. The van der Waals surface area contributed by atoms with Crippen LogP contribution in [-0.2, 0) is 4.74 Å². The van der Waals surface area contributed by atoms with Gasteiger partial charge < -0.3 is 14.8 Å². The SMILES string of the molecule is COc1csc(C(=O)NCCOCCBr)c1. The number of hydrogen-bond donors (Lipinski definition) is 1. The zero-order chi connectivity index (χ0) is 11.8. The minimum atomic E-state index is -0.0873. The van der Waals surface area contributed by atoms with Gasteiger partial charge in [-0.05, 0) is 0 Å². The first kappa shape index (κ1) is 13.5. The van der Waals surface area contributed by atoms with Crippen molar-refractivity contribution in [3.05, 3.63) is 16.3 Å². The maximum absolute atomic E-state index is 11.6. The highest BCUT2D eigenvalue weighted by atomic mass is 79.9. The molecule has 16 heavy (non-hydrogen) atoms. The van der Waals surface area contributed by atoms with E-state index in [9.17, 15) is 4.79 Å². The second-order valence-electron chi connectivity index (χ2n) is 2.91. The molecule has 1 aromatic rings. The van der Waals surface area contributed by atoms with Crippen molar-refractivity contribution < 1.29 is 14.3 Å². The van der Waals surface area contributed by atoms with E-state index in [1.165, 1.54) is 11.3 Å². The third-order valence-electron chi connectivity index (χ3n) is 1.79. The molecule has 0 aliphatic carbocycles. The molecule has 0 saturated heterocycles. The van der Waals surface area contributed by atoms with E-state index in [0.29, 0.717) is 30.4 Å². The van der Waals surface area contributed by atoms with Crippen molar-refractivity contribution in [2.45, 2.75) is 0 Å². The van der Waals surface area contributed by atoms with Crippen molar-refractivity contribution in [1.29, 1.82) is 0 Å². The van der Waals surface area contributed by atoms with Gasteiger partial charge in [-0.25, -0.2) is 0 Å². The van der Waals surface area contributed by atoms with E-state index in [0.717, 1.165) is 5.33 Å². The standard InChI is InChI=1S/C10H14BrNO3S/c1-14-8-6-9(16-7-8)10(13)12-3-5-15-4-2-11/h6-7H,2-5H2,1H3,(H,12,13). The molecule has 1 heterocycles. The Morgan fingerprint density at radius 3 is 3.00 bits per heavy atom. The molecule has 0 aromatic carbocycles. The monoisotopic (exact) mass is 307 g/mol. The number of thiophene rings is 1. The smallest absolute Gasteiger partial charge is 0.261 e. The van der Waals surface area contributed by atoms with Crippen LogP contribution in [0.3, 0.4) is 0 Å². The summed E-state index contributed by atoms with van der Waals surface area (Å²) in [5, 5.41) is 5.38. The Balaban J connectivity index is 2.24. The molecule has 0 bridgehead atoms. The molecule has 1 rings (SSSR count). The Labute approximate surface area is 107 Å². The second kappa shape index (κ2) is 7.65. The van der Waals surface area contributed by atoms with Crippen LogP contribution >= 0.6 is 27.3 Å². The number of halogens is 1. The van der Waals surface area contributed by atoms with Crippen LogP contribution in [0.2, 0.25) is 0 Å². The molecular weight excluding hydrogens is 294 g/mol. The number of hydrogen-bond acceptors (Lipinski definition) is 4. The summed E-state index contributed by atoms with van der Waals surface area (Å²) in [6, 6.07) is 1.72. The number of nitrogens with one attached hydrogen (secondary N) is 1. The fourth-order valence-electron chi connectivity index (χ4n) is 1.03. The lowest BCUT2D eigenvalue weighted by atomic mass is 10.4. The van der Waals surface area contributed by atoms with Crippen LogP contribution in [0.1, 0.15) is 9.67 Å². The van der Waals surface area contributed by atoms with Gasteiger partial charge in [0.25, 0.3) is 5.91 Å². The fourth-order valence-corrected chi connectivity index (χ4v) is 2.03. The van der Waals surface area contributed by atoms with Crippen molar-refractivity contribution in [2.24, 2.45) is 0 Å². The first-order chi connectivity index (χ1) is 7.77.